The Hall–Kier alpha value is -1.21. The van der Waals surface area contributed by atoms with Crippen LogP contribution in [0.5, 0.6) is 0 Å². The second-order valence-electron chi connectivity index (χ2n) is 4.87. The first-order valence-electron chi connectivity index (χ1n) is 6.68. The van der Waals surface area contributed by atoms with E-state index in [2.05, 4.69) is 21.4 Å². The van der Waals surface area contributed by atoms with Gasteiger partial charge in [-0.2, -0.15) is 16.9 Å². The van der Waals surface area contributed by atoms with Crippen molar-refractivity contribution in [3.8, 4) is 0 Å². The summed E-state index contributed by atoms with van der Waals surface area (Å²) in [4.78, 5) is 23.3. The van der Waals surface area contributed by atoms with E-state index in [4.69, 9.17) is 11.6 Å². The van der Waals surface area contributed by atoms with Crippen molar-refractivity contribution in [1.82, 2.24) is 9.78 Å². The van der Waals surface area contributed by atoms with Gasteiger partial charge in [0.1, 0.15) is 11.6 Å². The van der Waals surface area contributed by atoms with Crippen LogP contribution in [-0.2, 0) is 16.1 Å². The molecule has 1 N–H and O–H groups in total. The van der Waals surface area contributed by atoms with E-state index in [1.807, 2.05) is 11.8 Å². The highest BCUT2D eigenvalue weighted by atomic mass is 35.5. The number of rotatable bonds is 5. The maximum absolute atomic E-state index is 12.1. The molecular weight excluding hydrogens is 314 g/mol. The van der Waals surface area contributed by atoms with Gasteiger partial charge in [0.25, 0.3) is 5.56 Å². The normalized spacial score (nSPS) is 21.3. The number of anilines is 1. The van der Waals surface area contributed by atoms with Crippen LogP contribution in [0.3, 0.4) is 0 Å². The van der Waals surface area contributed by atoms with Gasteiger partial charge in [-0.25, -0.2) is 4.68 Å². The summed E-state index contributed by atoms with van der Waals surface area (Å²) < 4.78 is 5.52. The van der Waals surface area contributed by atoms with Crippen molar-refractivity contribution in [2.45, 2.75) is 37.1 Å². The van der Waals surface area contributed by atoms with Crippen LogP contribution in [0.25, 0.3) is 0 Å². The fourth-order valence-electron chi connectivity index (χ4n) is 2.44. The summed E-state index contributed by atoms with van der Waals surface area (Å²) in [6, 6.07) is 0.287. The van der Waals surface area contributed by atoms with E-state index < -0.39 is 11.5 Å². The summed E-state index contributed by atoms with van der Waals surface area (Å²) in [7, 11) is 1.26. The first-order valence-corrected chi connectivity index (χ1v) is 8.35. The Morgan fingerprint density at radius 1 is 1.62 bits per heavy atom. The average Bonchev–Trinajstić information content (AvgIpc) is 2.94. The van der Waals surface area contributed by atoms with Gasteiger partial charge in [-0.3, -0.25) is 9.59 Å². The van der Waals surface area contributed by atoms with E-state index in [-0.39, 0.29) is 17.6 Å². The fourth-order valence-corrected chi connectivity index (χ4v) is 3.57. The Morgan fingerprint density at radius 3 is 3.05 bits per heavy atom. The van der Waals surface area contributed by atoms with E-state index >= 15 is 0 Å². The molecule has 0 amide bonds. The molecular formula is C13H18ClN3O3S. The highest BCUT2D eigenvalue weighted by Gasteiger charge is 2.27. The molecule has 0 aromatic carbocycles. The molecule has 1 aromatic rings. The van der Waals surface area contributed by atoms with Gasteiger partial charge in [-0.05, 0) is 19.1 Å². The lowest BCUT2D eigenvalue weighted by Crippen LogP contribution is -2.31. The molecule has 21 heavy (non-hydrogen) atoms. The highest BCUT2D eigenvalue weighted by Crippen LogP contribution is 2.31. The molecule has 6 nitrogen and oxygen atoms in total. The van der Waals surface area contributed by atoms with Crippen molar-refractivity contribution >= 4 is 35.0 Å². The lowest BCUT2D eigenvalue weighted by molar-refractivity contribution is -0.141. The van der Waals surface area contributed by atoms with Crippen molar-refractivity contribution in [3.05, 3.63) is 21.6 Å². The third-order valence-electron chi connectivity index (χ3n) is 3.59. The number of nitrogens with zero attached hydrogens (tertiary/aromatic N) is 2. The molecule has 0 spiro atoms. The second-order valence-corrected chi connectivity index (χ2v) is 6.32. The number of aromatic nitrogens is 2. The van der Waals surface area contributed by atoms with Gasteiger partial charge in [0.05, 0.1) is 19.0 Å². The minimum Gasteiger partial charge on any atom is -0.468 e. The smallest absolute Gasteiger partial charge is 0.327 e. The first-order chi connectivity index (χ1) is 10.1. The van der Waals surface area contributed by atoms with Gasteiger partial charge in [0.2, 0.25) is 0 Å². The summed E-state index contributed by atoms with van der Waals surface area (Å²) in [6.45, 7) is -0.244. The molecule has 8 heteroatoms. The van der Waals surface area contributed by atoms with E-state index in [1.54, 1.807) is 0 Å². The molecule has 1 aliphatic rings. The van der Waals surface area contributed by atoms with E-state index in [9.17, 15) is 9.59 Å². The molecule has 2 rings (SSSR count). The fraction of sp³-hybridized carbons (Fsp3) is 0.615. The third-order valence-corrected chi connectivity index (χ3v) is 5.12. The number of hydrogen-bond donors (Lipinski definition) is 1. The third kappa shape index (κ3) is 3.71. The number of esters is 1. The monoisotopic (exact) mass is 331 g/mol. The molecule has 0 radical (unpaired) electrons. The molecule has 2 atom stereocenters. The van der Waals surface area contributed by atoms with Gasteiger partial charge in [-0.1, -0.05) is 18.0 Å². The number of nitrogens with one attached hydrogen (secondary N) is 1. The van der Waals surface area contributed by atoms with Gasteiger partial charge in [0.15, 0.2) is 0 Å². The van der Waals surface area contributed by atoms with E-state index in [1.165, 1.54) is 13.3 Å². The SMILES string of the molecule is COC(=O)Cn1ncc(NC2CCCC2SC)c(Cl)c1=O. The summed E-state index contributed by atoms with van der Waals surface area (Å²) in [5, 5.41) is 7.84. The number of carbonyl (C=O) groups is 1. The van der Waals surface area contributed by atoms with E-state index in [0.717, 1.165) is 23.9 Å². The van der Waals surface area contributed by atoms with Crippen LogP contribution in [0.4, 0.5) is 5.69 Å². The van der Waals surface area contributed by atoms with Crippen molar-refractivity contribution in [2.75, 3.05) is 18.7 Å². The van der Waals surface area contributed by atoms with Crippen molar-refractivity contribution in [3.63, 3.8) is 0 Å². The molecule has 1 aromatic heterocycles. The predicted octanol–water partition coefficient (Wildman–Crippen LogP) is 1.77. The highest BCUT2D eigenvalue weighted by molar-refractivity contribution is 7.99. The number of methoxy groups -OCH3 is 1. The number of carbonyl (C=O) groups excluding carboxylic acids is 1. The standard InChI is InChI=1S/C13H18ClN3O3S/c1-20-11(18)7-17-13(19)12(14)9(6-15-17)16-8-4-3-5-10(8)21-2/h6,8,10,16H,3-5,7H2,1-2H3. The topological polar surface area (TPSA) is 73.2 Å². The Kier molecular flexibility index (Phi) is 5.52. The lowest BCUT2D eigenvalue weighted by atomic mass is 10.2. The summed E-state index contributed by atoms with van der Waals surface area (Å²) in [6.07, 6.45) is 6.94. The number of hydrogen-bond acceptors (Lipinski definition) is 6. The largest absolute Gasteiger partial charge is 0.468 e. The molecule has 116 valence electrons. The molecule has 0 bridgehead atoms. The van der Waals surface area contributed by atoms with Crippen molar-refractivity contribution in [1.29, 1.82) is 0 Å². The summed E-state index contributed by atoms with van der Waals surface area (Å²) >= 11 is 7.91. The predicted molar refractivity (Wildman–Crippen MR) is 84.1 cm³/mol. The number of halogens is 1. The van der Waals surface area contributed by atoms with Crippen LogP contribution in [0.1, 0.15) is 19.3 Å². The second kappa shape index (κ2) is 7.17. The van der Waals surface area contributed by atoms with Gasteiger partial charge in [0, 0.05) is 11.3 Å². The van der Waals surface area contributed by atoms with Gasteiger partial charge in [-0.15, -0.1) is 0 Å². The van der Waals surface area contributed by atoms with Crippen LogP contribution in [0.15, 0.2) is 11.0 Å². The Labute approximate surface area is 132 Å². The Bertz CT molecular complexity index is 578. The maximum Gasteiger partial charge on any atom is 0.327 e. The molecule has 0 saturated heterocycles. The molecule has 1 saturated carbocycles. The Balaban J connectivity index is 2.17. The summed E-state index contributed by atoms with van der Waals surface area (Å²) in [5.74, 6) is -0.542. The molecule has 1 heterocycles. The molecule has 2 unspecified atom stereocenters. The van der Waals surface area contributed by atoms with Crippen molar-refractivity contribution < 1.29 is 9.53 Å². The lowest BCUT2D eigenvalue weighted by Gasteiger charge is -2.20. The molecule has 1 aliphatic carbocycles. The maximum atomic E-state index is 12.1. The minimum absolute atomic E-state index is 0.0562. The Morgan fingerprint density at radius 2 is 2.38 bits per heavy atom. The first kappa shape index (κ1) is 16.2. The van der Waals surface area contributed by atoms with Crippen LogP contribution in [0, 0.1) is 0 Å². The zero-order valence-corrected chi connectivity index (χ0v) is 13.5. The minimum atomic E-state index is -0.542. The van der Waals surface area contributed by atoms with Crippen molar-refractivity contribution in [2.24, 2.45) is 0 Å². The quantitative estimate of drug-likeness (QED) is 0.829. The molecule has 1 fully saturated rings. The number of ether oxygens (including phenoxy) is 1. The van der Waals surface area contributed by atoms with E-state index in [0.29, 0.717) is 10.9 Å². The zero-order valence-electron chi connectivity index (χ0n) is 12.0. The summed E-state index contributed by atoms with van der Waals surface area (Å²) in [5.41, 5.74) is 0.0273. The van der Waals surface area contributed by atoms with Gasteiger partial charge < -0.3 is 10.1 Å². The van der Waals surface area contributed by atoms with Crippen LogP contribution < -0.4 is 10.9 Å². The average molecular weight is 332 g/mol. The van der Waals surface area contributed by atoms with Gasteiger partial charge >= 0.3 is 5.97 Å². The zero-order chi connectivity index (χ0) is 15.4. The number of thioether (sulfide) groups is 1. The van der Waals surface area contributed by atoms with Crippen LogP contribution in [-0.4, -0.2) is 40.4 Å². The van der Waals surface area contributed by atoms with Crippen LogP contribution >= 0.6 is 23.4 Å². The molecule has 0 aliphatic heterocycles. The van der Waals surface area contributed by atoms with Crippen LogP contribution in [0.2, 0.25) is 5.02 Å².